The monoisotopic (exact) mass is 508 g/mol. The number of Topliss-reactive ketones (excluding diaryl/α,β-unsaturated/α-hetero) is 1. The lowest BCUT2D eigenvalue weighted by atomic mass is 10.0. The number of alkyl halides is 1. The normalized spacial score (nSPS) is 13.5. The van der Waals surface area contributed by atoms with Crippen molar-refractivity contribution in [1.82, 2.24) is 0 Å². The highest BCUT2D eigenvalue weighted by Gasteiger charge is 2.33. The zero-order chi connectivity index (χ0) is 24.8. The maximum Gasteiger partial charge on any atom is 0.309 e. The highest BCUT2D eigenvalue weighted by molar-refractivity contribution is 7.59. The van der Waals surface area contributed by atoms with Gasteiger partial charge in [-0.3, -0.25) is 14.2 Å². The summed E-state index contributed by atoms with van der Waals surface area (Å²) < 4.78 is 29.8. The summed E-state index contributed by atoms with van der Waals surface area (Å²) in [5.41, 5.74) is 1.62. The molecule has 2 aromatic rings. The number of carbonyl (C=O) groups is 3. The van der Waals surface area contributed by atoms with E-state index in [2.05, 4.69) is 0 Å². The number of ketones is 1. The van der Waals surface area contributed by atoms with Crippen molar-refractivity contribution >= 4 is 36.7 Å². The number of carbonyl (C=O) groups excluding carboxylic acids is 3. The van der Waals surface area contributed by atoms with Crippen LogP contribution in [0.3, 0.4) is 0 Å². The minimum Gasteiger partial charge on any atom is -0.461 e. The molecule has 0 radical (unpaired) electrons. The van der Waals surface area contributed by atoms with Crippen LogP contribution in [-0.4, -0.2) is 36.1 Å². The molecule has 0 aliphatic carbocycles. The zero-order valence-corrected chi connectivity index (χ0v) is 20.8. The minimum absolute atomic E-state index is 0.0567. The lowest BCUT2D eigenvalue weighted by Crippen LogP contribution is -2.24. The lowest BCUT2D eigenvalue weighted by molar-refractivity contribution is -0.149. The van der Waals surface area contributed by atoms with Crippen LogP contribution in [0.4, 0.5) is 0 Å². The number of ether oxygens (including phenoxy) is 2. The van der Waals surface area contributed by atoms with Gasteiger partial charge >= 0.3 is 11.9 Å². The quantitative estimate of drug-likeness (QED) is 0.182. The van der Waals surface area contributed by atoms with E-state index in [9.17, 15) is 18.9 Å². The van der Waals surface area contributed by atoms with Gasteiger partial charge in [0.1, 0.15) is 12.4 Å². The van der Waals surface area contributed by atoms with Crippen molar-refractivity contribution in [3.8, 4) is 0 Å². The largest absolute Gasteiger partial charge is 0.461 e. The summed E-state index contributed by atoms with van der Waals surface area (Å²) in [6, 6.07) is 18.0. The molecule has 0 aromatic heterocycles. The molecule has 2 aromatic carbocycles. The Morgan fingerprint density at radius 3 is 2.03 bits per heavy atom. The van der Waals surface area contributed by atoms with Gasteiger partial charge in [-0.05, 0) is 24.5 Å². The summed E-state index contributed by atoms with van der Waals surface area (Å²) in [6.07, 6.45) is -0.115. The minimum atomic E-state index is -3.48. The SMILES string of the molecule is CC(=O)CCC(CP(=O)(CCC(=O)OCCl)OCc1ccccc1)C(=O)OCc1ccccc1. The highest BCUT2D eigenvalue weighted by atomic mass is 35.5. The predicted molar refractivity (Wildman–Crippen MR) is 130 cm³/mol. The average Bonchev–Trinajstić information content (AvgIpc) is 2.84. The van der Waals surface area contributed by atoms with E-state index in [-0.39, 0.29) is 56.6 Å². The third-order valence-corrected chi connectivity index (χ3v) is 7.69. The number of benzene rings is 2. The maximum atomic E-state index is 13.8. The van der Waals surface area contributed by atoms with E-state index >= 15 is 0 Å². The summed E-state index contributed by atoms with van der Waals surface area (Å²) in [4.78, 5) is 36.3. The van der Waals surface area contributed by atoms with Crippen molar-refractivity contribution in [2.75, 3.05) is 18.4 Å². The molecule has 0 heterocycles. The van der Waals surface area contributed by atoms with Gasteiger partial charge in [-0.15, -0.1) is 0 Å². The Morgan fingerprint density at radius 2 is 1.47 bits per heavy atom. The Bertz CT molecular complexity index is 966. The second-order valence-electron chi connectivity index (χ2n) is 7.89. The molecule has 34 heavy (non-hydrogen) atoms. The van der Waals surface area contributed by atoms with Crippen molar-refractivity contribution in [3.05, 3.63) is 71.8 Å². The van der Waals surface area contributed by atoms with Gasteiger partial charge in [-0.2, -0.15) is 0 Å². The van der Waals surface area contributed by atoms with Crippen molar-refractivity contribution in [1.29, 1.82) is 0 Å². The molecule has 0 aliphatic heterocycles. The van der Waals surface area contributed by atoms with Crippen LogP contribution in [0.25, 0.3) is 0 Å². The zero-order valence-electron chi connectivity index (χ0n) is 19.2. The first-order chi connectivity index (χ1) is 16.3. The van der Waals surface area contributed by atoms with Crippen LogP contribution in [0.5, 0.6) is 0 Å². The molecule has 9 heteroatoms. The lowest BCUT2D eigenvalue weighted by Gasteiger charge is -2.23. The van der Waals surface area contributed by atoms with E-state index in [0.29, 0.717) is 0 Å². The number of halogens is 1. The van der Waals surface area contributed by atoms with E-state index in [4.69, 9.17) is 25.6 Å². The molecule has 0 fully saturated rings. The van der Waals surface area contributed by atoms with E-state index in [1.165, 1.54) is 6.92 Å². The topological polar surface area (TPSA) is 96.0 Å². The Hall–Kier alpha value is -2.47. The first-order valence-electron chi connectivity index (χ1n) is 11.0. The summed E-state index contributed by atoms with van der Waals surface area (Å²) in [6.45, 7) is 1.55. The second-order valence-corrected chi connectivity index (χ2v) is 10.8. The van der Waals surface area contributed by atoms with Gasteiger partial charge in [0.2, 0.25) is 7.37 Å². The van der Waals surface area contributed by atoms with Gasteiger partial charge in [0.15, 0.2) is 6.07 Å². The molecule has 184 valence electrons. The van der Waals surface area contributed by atoms with Crippen LogP contribution >= 0.6 is 19.0 Å². The summed E-state index contributed by atoms with van der Waals surface area (Å²) in [7, 11) is -3.48. The molecule has 0 spiro atoms. The summed E-state index contributed by atoms with van der Waals surface area (Å²) in [5, 5.41) is 0. The highest BCUT2D eigenvalue weighted by Crippen LogP contribution is 2.50. The first kappa shape index (κ1) is 27.8. The number of rotatable bonds is 15. The molecular formula is C25H30ClO7P. The average molecular weight is 509 g/mol. The van der Waals surface area contributed by atoms with Crippen LogP contribution < -0.4 is 0 Å². The van der Waals surface area contributed by atoms with Gasteiger partial charge in [0.25, 0.3) is 0 Å². The molecule has 0 aliphatic rings. The first-order valence-corrected chi connectivity index (χ1v) is 13.5. The van der Waals surface area contributed by atoms with Crippen LogP contribution in [0.2, 0.25) is 0 Å². The summed E-state index contributed by atoms with van der Waals surface area (Å²) in [5.74, 6) is -2.08. The molecule has 2 unspecified atom stereocenters. The Morgan fingerprint density at radius 1 is 0.882 bits per heavy atom. The van der Waals surface area contributed by atoms with Gasteiger partial charge in [-0.25, -0.2) is 0 Å². The molecule has 0 N–H and O–H groups in total. The number of hydrogen-bond donors (Lipinski definition) is 0. The second kappa shape index (κ2) is 14.7. The van der Waals surface area contributed by atoms with Gasteiger partial charge in [0, 0.05) is 18.7 Å². The van der Waals surface area contributed by atoms with E-state index in [0.717, 1.165) is 11.1 Å². The fourth-order valence-electron chi connectivity index (χ4n) is 3.21. The molecule has 0 bridgehead atoms. The molecular weight excluding hydrogens is 479 g/mol. The molecule has 0 saturated heterocycles. The van der Waals surface area contributed by atoms with E-state index < -0.39 is 25.2 Å². The van der Waals surface area contributed by atoms with E-state index in [1.807, 2.05) is 60.7 Å². The molecule has 7 nitrogen and oxygen atoms in total. The molecule has 0 amide bonds. The summed E-state index contributed by atoms with van der Waals surface area (Å²) >= 11 is 5.43. The Labute approximate surface area is 205 Å². The smallest absolute Gasteiger partial charge is 0.309 e. The third kappa shape index (κ3) is 10.6. The van der Waals surface area contributed by atoms with Crippen LogP contribution in [0.15, 0.2) is 60.7 Å². The Balaban J connectivity index is 2.14. The van der Waals surface area contributed by atoms with Gasteiger partial charge in [-0.1, -0.05) is 72.3 Å². The van der Waals surface area contributed by atoms with Gasteiger partial charge < -0.3 is 18.8 Å². The standard InChI is InChI=1S/C25H30ClO7P/c1-20(27)12-13-23(25(29)31-16-21-8-4-2-5-9-21)18-34(30,15-14-24(28)32-19-26)33-17-22-10-6-3-7-11-22/h2-11,23H,12-19H2,1H3. The van der Waals surface area contributed by atoms with Crippen molar-refractivity contribution < 1.29 is 32.9 Å². The maximum absolute atomic E-state index is 13.8. The number of esters is 2. The fourth-order valence-corrected chi connectivity index (χ4v) is 5.66. The van der Waals surface area contributed by atoms with Gasteiger partial charge in [0.05, 0.1) is 18.9 Å². The van der Waals surface area contributed by atoms with Crippen LogP contribution in [-0.2, 0) is 46.2 Å². The Kier molecular flexibility index (Phi) is 12.0. The number of hydrogen-bond acceptors (Lipinski definition) is 7. The van der Waals surface area contributed by atoms with Crippen LogP contribution in [0, 0.1) is 5.92 Å². The molecule has 2 rings (SSSR count). The fraction of sp³-hybridized carbons (Fsp3) is 0.400. The third-order valence-electron chi connectivity index (χ3n) is 5.08. The predicted octanol–water partition coefficient (Wildman–Crippen LogP) is 5.34. The molecule has 2 atom stereocenters. The van der Waals surface area contributed by atoms with Crippen molar-refractivity contribution in [2.45, 2.75) is 39.4 Å². The van der Waals surface area contributed by atoms with Crippen molar-refractivity contribution in [2.24, 2.45) is 5.92 Å². The van der Waals surface area contributed by atoms with Crippen LogP contribution in [0.1, 0.15) is 37.3 Å². The van der Waals surface area contributed by atoms with Crippen molar-refractivity contribution in [3.63, 3.8) is 0 Å². The van der Waals surface area contributed by atoms with E-state index in [1.54, 1.807) is 0 Å². The molecule has 0 saturated carbocycles.